The van der Waals surface area contributed by atoms with Crippen molar-refractivity contribution >= 4 is 62.3 Å². The zero-order valence-corrected chi connectivity index (χ0v) is 24.2. The minimum absolute atomic E-state index is 0.0230. The van der Waals surface area contributed by atoms with E-state index in [-0.39, 0.29) is 33.1 Å². The molecule has 2 amide bonds. The van der Waals surface area contributed by atoms with E-state index in [0.29, 0.717) is 17.1 Å². The lowest BCUT2D eigenvalue weighted by molar-refractivity contribution is -0.139. The van der Waals surface area contributed by atoms with Gasteiger partial charge in [0.05, 0.1) is 15.6 Å². The van der Waals surface area contributed by atoms with Crippen LogP contribution in [0.25, 0.3) is 0 Å². The topological polar surface area (TPSA) is 86.8 Å². The predicted molar refractivity (Wildman–Crippen MR) is 152 cm³/mol. The van der Waals surface area contributed by atoms with Crippen molar-refractivity contribution in [2.24, 2.45) is 0 Å². The molecule has 11 heteroatoms. The first kappa shape index (κ1) is 29.8. The molecule has 3 rings (SSSR count). The predicted octanol–water partition coefficient (Wildman–Crippen LogP) is 5.70. The van der Waals surface area contributed by atoms with E-state index >= 15 is 0 Å². The summed E-state index contributed by atoms with van der Waals surface area (Å²) >= 11 is 18.7. The van der Waals surface area contributed by atoms with Crippen LogP contribution in [-0.2, 0) is 26.2 Å². The van der Waals surface area contributed by atoms with Crippen LogP contribution in [0.1, 0.15) is 25.0 Å². The molecule has 0 unspecified atom stereocenters. The fourth-order valence-corrected chi connectivity index (χ4v) is 5.84. The number of hydrogen-bond donors (Lipinski definition) is 1. The Morgan fingerprint density at radius 3 is 2.24 bits per heavy atom. The number of nitrogens with one attached hydrogen (secondary N) is 1. The summed E-state index contributed by atoms with van der Waals surface area (Å²) in [4.78, 5) is 27.9. The molecule has 0 aliphatic carbocycles. The number of likely N-dealkylation sites (N-methyl/N-ethyl adjacent to an activating group) is 1. The number of hydrogen-bond acceptors (Lipinski definition) is 4. The van der Waals surface area contributed by atoms with Gasteiger partial charge in [0.1, 0.15) is 12.6 Å². The van der Waals surface area contributed by atoms with Crippen molar-refractivity contribution in [1.82, 2.24) is 10.2 Å². The van der Waals surface area contributed by atoms with Crippen molar-refractivity contribution in [2.45, 2.75) is 38.3 Å². The summed E-state index contributed by atoms with van der Waals surface area (Å²) < 4.78 is 28.6. The van der Waals surface area contributed by atoms with Crippen LogP contribution >= 0.6 is 34.8 Å². The quantitative estimate of drug-likeness (QED) is 0.325. The van der Waals surface area contributed by atoms with Gasteiger partial charge in [0.15, 0.2) is 0 Å². The molecule has 0 aliphatic heterocycles. The number of amides is 2. The fraction of sp³-hybridized carbons (Fsp3) is 0.259. The number of carbonyl (C=O) groups is 2. The van der Waals surface area contributed by atoms with Crippen molar-refractivity contribution in [2.75, 3.05) is 17.4 Å². The molecule has 0 heterocycles. The van der Waals surface area contributed by atoms with Crippen molar-refractivity contribution in [1.29, 1.82) is 0 Å². The molecule has 0 radical (unpaired) electrons. The monoisotopic (exact) mass is 595 g/mol. The second-order valence-electron chi connectivity index (χ2n) is 8.64. The number of sulfonamides is 1. The molecule has 0 spiro atoms. The highest BCUT2D eigenvalue weighted by molar-refractivity contribution is 7.92. The maximum absolute atomic E-state index is 13.8. The van der Waals surface area contributed by atoms with E-state index in [2.05, 4.69) is 5.32 Å². The molecule has 38 heavy (non-hydrogen) atoms. The van der Waals surface area contributed by atoms with E-state index in [1.807, 2.05) is 6.92 Å². The van der Waals surface area contributed by atoms with Crippen molar-refractivity contribution in [3.8, 4) is 0 Å². The van der Waals surface area contributed by atoms with Gasteiger partial charge in [-0.05, 0) is 68.8 Å². The maximum Gasteiger partial charge on any atom is 0.264 e. The number of rotatable bonds is 10. The highest BCUT2D eigenvalue weighted by atomic mass is 35.5. The van der Waals surface area contributed by atoms with Crippen LogP contribution in [0.15, 0.2) is 71.6 Å². The van der Waals surface area contributed by atoms with E-state index in [4.69, 9.17) is 34.8 Å². The van der Waals surface area contributed by atoms with E-state index in [0.717, 1.165) is 9.87 Å². The summed E-state index contributed by atoms with van der Waals surface area (Å²) in [5, 5.41) is 3.52. The Morgan fingerprint density at radius 1 is 0.947 bits per heavy atom. The third kappa shape index (κ3) is 7.20. The van der Waals surface area contributed by atoms with Crippen LogP contribution < -0.4 is 9.62 Å². The number of halogens is 3. The largest absolute Gasteiger partial charge is 0.355 e. The molecule has 1 atom stereocenters. The van der Waals surface area contributed by atoms with Gasteiger partial charge in [-0.15, -0.1) is 0 Å². The lowest BCUT2D eigenvalue weighted by Crippen LogP contribution is -2.51. The second kappa shape index (κ2) is 12.8. The van der Waals surface area contributed by atoms with Crippen LogP contribution in [0.2, 0.25) is 15.1 Å². The molecule has 1 N–H and O–H groups in total. The van der Waals surface area contributed by atoms with Gasteiger partial charge >= 0.3 is 0 Å². The zero-order valence-electron chi connectivity index (χ0n) is 21.1. The van der Waals surface area contributed by atoms with Gasteiger partial charge in [0.2, 0.25) is 11.8 Å². The molecular formula is C27H28Cl3N3O4S. The molecular weight excluding hydrogens is 569 g/mol. The minimum Gasteiger partial charge on any atom is -0.355 e. The number of anilines is 1. The highest BCUT2D eigenvalue weighted by Gasteiger charge is 2.33. The Balaban J connectivity index is 2.08. The molecule has 3 aromatic rings. The summed E-state index contributed by atoms with van der Waals surface area (Å²) in [5.74, 6) is -0.993. The first-order valence-corrected chi connectivity index (χ1v) is 14.4. The zero-order chi connectivity index (χ0) is 28.0. The van der Waals surface area contributed by atoms with Crippen LogP contribution in [0.3, 0.4) is 0 Å². The van der Waals surface area contributed by atoms with Gasteiger partial charge < -0.3 is 10.2 Å². The molecule has 0 saturated carbocycles. The van der Waals surface area contributed by atoms with Crippen LogP contribution in [0, 0.1) is 6.92 Å². The first-order chi connectivity index (χ1) is 17.9. The lowest BCUT2D eigenvalue weighted by Gasteiger charge is -2.32. The van der Waals surface area contributed by atoms with Gasteiger partial charge in [0, 0.05) is 23.1 Å². The molecule has 0 aromatic heterocycles. The van der Waals surface area contributed by atoms with Gasteiger partial charge in [-0.25, -0.2) is 8.42 Å². The highest BCUT2D eigenvalue weighted by Crippen LogP contribution is 2.33. The Bertz CT molecular complexity index is 1420. The maximum atomic E-state index is 13.8. The molecule has 0 fully saturated rings. The SMILES string of the molecule is CCNC(=O)[C@H](C)N(Cc1cccc(Cl)c1)C(=O)CN(c1cc(Cl)ccc1Cl)S(=O)(=O)c1ccc(C)cc1. The van der Waals surface area contributed by atoms with E-state index in [9.17, 15) is 18.0 Å². The second-order valence-corrected chi connectivity index (χ2v) is 11.8. The number of nitrogens with zero attached hydrogens (tertiary/aromatic N) is 2. The van der Waals surface area contributed by atoms with Gasteiger partial charge in [0.25, 0.3) is 10.0 Å². The molecule has 0 aliphatic rings. The molecule has 7 nitrogen and oxygen atoms in total. The average Bonchev–Trinajstić information content (AvgIpc) is 2.87. The molecule has 202 valence electrons. The first-order valence-electron chi connectivity index (χ1n) is 11.8. The minimum atomic E-state index is -4.25. The number of carbonyl (C=O) groups excluding carboxylic acids is 2. The van der Waals surface area contributed by atoms with Crippen LogP contribution in [0.5, 0.6) is 0 Å². The Labute approximate surface area is 238 Å². The Morgan fingerprint density at radius 2 is 1.61 bits per heavy atom. The molecule has 0 bridgehead atoms. The molecule has 0 saturated heterocycles. The average molecular weight is 597 g/mol. The van der Waals surface area contributed by atoms with Crippen molar-refractivity contribution in [3.63, 3.8) is 0 Å². The number of benzene rings is 3. The summed E-state index contributed by atoms with van der Waals surface area (Å²) in [5.41, 5.74) is 1.59. The summed E-state index contributed by atoms with van der Waals surface area (Å²) in [6.45, 7) is 4.96. The van der Waals surface area contributed by atoms with E-state index in [1.54, 1.807) is 50.2 Å². The number of aryl methyl sites for hydroxylation is 1. The third-order valence-electron chi connectivity index (χ3n) is 5.82. The molecule has 3 aromatic carbocycles. The summed E-state index contributed by atoms with van der Waals surface area (Å²) in [6, 6.07) is 16.6. The Hall–Kier alpha value is -2.78. The van der Waals surface area contributed by atoms with Crippen molar-refractivity contribution < 1.29 is 18.0 Å². The van der Waals surface area contributed by atoms with E-state index in [1.165, 1.54) is 35.2 Å². The van der Waals surface area contributed by atoms with Crippen LogP contribution in [-0.4, -0.2) is 44.3 Å². The van der Waals surface area contributed by atoms with Gasteiger partial charge in [-0.3, -0.25) is 13.9 Å². The summed E-state index contributed by atoms with van der Waals surface area (Å²) in [6.07, 6.45) is 0. The van der Waals surface area contributed by atoms with Crippen LogP contribution in [0.4, 0.5) is 5.69 Å². The smallest absolute Gasteiger partial charge is 0.264 e. The third-order valence-corrected chi connectivity index (χ3v) is 8.39. The normalized spacial score (nSPS) is 12.1. The standard InChI is InChI=1S/C27H28Cl3N3O4S/c1-4-31-27(35)19(3)32(16-20-6-5-7-21(28)14-20)26(34)17-33(25-15-22(29)10-13-24(25)30)38(36,37)23-11-8-18(2)9-12-23/h5-15,19H,4,16-17H2,1-3H3,(H,31,35)/t19-/m0/s1. The lowest BCUT2D eigenvalue weighted by atomic mass is 10.1. The van der Waals surface area contributed by atoms with Gasteiger partial charge in [-0.1, -0.05) is 64.6 Å². The summed E-state index contributed by atoms with van der Waals surface area (Å²) in [7, 11) is -4.25. The fourth-order valence-electron chi connectivity index (χ4n) is 3.76. The van der Waals surface area contributed by atoms with E-state index < -0.39 is 28.5 Å². The Kier molecular flexibility index (Phi) is 10.1. The van der Waals surface area contributed by atoms with Crippen molar-refractivity contribution in [3.05, 3.63) is 92.9 Å². The van der Waals surface area contributed by atoms with Gasteiger partial charge in [-0.2, -0.15) is 0 Å².